The van der Waals surface area contributed by atoms with Gasteiger partial charge in [0.1, 0.15) is 0 Å². The molecule has 0 aliphatic heterocycles. The fraction of sp³-hybridized carbons (Fsp3) is 0.462. The van der Waals surface area contributed by atoms with Crippen LogP contribution >= 0.6 is 0 Å². The van der Waals surface area contributed by atoms with Crippen LogP contribution in [0.15, 0.2) is 24.5 Å². The molecule has 1 aromatic heterocycles. The molecule has 1 heterocycles. The molecule has 98 valence electrons. The number of rotatable bonds is 6. The van der Waals surface area contributed by atoms with E-state index in [9.17, 15) is 9.59 Å². The topological polar surface area (TPSA) is 70.5 Å². The van der Waals surface area contributed by atoms with Crippen molar-refractivity contribution in [3.63, 3.8) is 0 Å². The summed E-state index contributed by atoms with van der Waals surface area (Å²) in [5, 5.41) is 8.64. The Kier molecular flexibility index (Phi) is 5.30. The van der Waals surface area contributed by atoms with Gasteiger partial charge in [0.2, 0.25) is 5.91 Å². The average molecular weight is 250 g/mol. The van der Waals surface area contributed by atoms with Crippen LogP contribution in [-0.4, -0.2) is 40.5 Å². The first-order chi connectivity index (χ1) is 8.50. The lowest BCUT2D eigenvalue weighted by Gasteiger charge is -2.20. The van der Waals surface area contributed by atoms with Crippen molar-refractivity contribution in [3.8, 4) is 0 Å². The molecule has 0 radical (unpaired) electrons. The van der Waals surface area contributed by atoms with Gasteiger partial charge in [0, 0.05) is 31.9 Å². The summed E-state index contributed by atoms with van der Waals surface area (Å²) in [6.45, 7) is 2.21. The highest BCUT2D eigenvalue weighted by atomic mass is 16.4. The third kappa shape index (κ3) is 4.53. The number of nitrogens with zero attached hydrogens (tertiary/aromatic N) is 2. The normalized spacial score (nSPS) is 11.9. The zero-order valence-corrected chi connectivity index (χ0v) is 10.7. The van der Waals surface area contributed by atoms with Crippen LogP contribution in [-0.2, 0) is 16.0 Å². The van der Waals surface area contributed by atoms with Gasteiger partial charge in [0.05, 0.1) is 6.42 Å². The molecule has 0 aliphatic rings. The molecule has 0 aliphatic carbocycles. The van der Waals surface area contributed by atoms with Crippen molar-refractivity contribution in [2.75, 3.05) is 13.6 Å². The minimum atomic E-state index is -0.946. The lowest BCUT2D eigenvalue weighted by atomic mass is 10.1. The number of aromatic nitrogens is 1. The number of hydrogen-bond acceptors (Lipinski definition) is 3. The molecule has 5 nitrogen and oxygen atoms in total. The smallest absolute Gasteiger partial charge is 0.304 e. The van der Waals surface area contributed by atoms with Crippen molar-refractivity contribution in [1.82, 2.24) is 9.88 Å². The lowest BCUT2D eigenvalue weighted by molar-refractivity contribution is -0.143. The van der Waals surface area contributed by atoms with Gasteiger partial charge in [0.25, 0.3) is 0 Å². The summed E-state index contributed by atoms with van der Waals surface area (Å²) in [5.74, 6) is -1.56. The van der Waals surface area contributed by atoms with Gasteiger partial charge in [-0.1, -0.05) is 6.92 Å². The van der Waals surface area contributed by atoms with Gasteiger partial charge in [-0.05, 0) is 24.1 Å². The fourth-order valence-corrected chi connectivity index (χ4v) is 1.68. The predicted molar refractivity (Wildman–Crippen MR) is 67.0 cm³/mol. The third-order valence-electron chi connectivity index (χ3n) is 2.76. The number of aliphatic carboxylic acids is 1. The van der Waals surface area contributed by atoms with Gasteiger partial charge in [-0.2, -0.15) is 0 Å². The molecular weight excluding hydrogens is 232 g/mol. The Labute approximate surface area is 106 Å². The van der Waals surface area contributed by atoms with Crippen molar-refractivity contribution in [3.05, 3.63) is 30.1 Å². The number of carbonyl (C=O) groups excluding carboxylic acids is 1. The molecule has 1 unspecified atom stereocenters. The summed E-state index contributed by atoms with van der Waals surface area (Å²) >= 11 is 0. The molecule has 18 heavy (non-hydrogen) atoms. The molecule has 0 bridgehead atoms. The first kappa shape index (κ1) is 14.2. The first-order valence-electron chi connectivity index (χ1n) is 5.86. The second kappa shape index (κ2) is 6.74. The van der Waals surface area contributed by atoms with Gasteiger partial charge < -0.3 is 10.0 Å². The van der Waals surface area contributed by atoms with Gasteiger partial charge in [0.15, 0.2) is 0 Å². The fourth-order valence-electron chi connectivity index (χ4n) is 1.68. The summed E-state index contributed by atoms with van der Waals surface area (Å²) in [6.07, 6.45) is 4.04. The number of amides is 1. The van der Waals surface area contributed by atoms with E-state index in [4.69, 9.17) is 5.11 Å². The maximum absolute atomic E-state index is 11.8. The Hall–Kier alpha value is -1.91. The van der Waals surface area contributed by atoms with E-state index in [0.717, 1.165) is 12.0 Å². The molecule has 0 aromatic carbocycles. The molecule has 1 atom stereocenters. The third-order valence-corrected chi connectivity index (χ3v) is 2.76. The Morgan fingerprint density at radius 2 is 2.00 bits per heavy atom. The largest absolute Gasteiger partial charge is 0.481 e. The van der Waals surface area contributed by atoms with Crippen molar-refractivity contribution in [2.45, 2.75) is 19.8 Å². The highest BCUT2D eigenvalue weighted by Crippen LogP contribution is 2.07. The number of carbonyl (C=O) groups is 2. The minimum Gasteiger partial charge on any atom is -0.481 e. The van der Waals surface area contributed by atoms with Crippen LogP contribution < -0.4 is 0 Å². The standard InChI is InChI=1S/C13H18N2O3/c1-10(9-12(16)17)13(18)15(2)8-5-11-3-6-14-7-4-11/h3-4,6-7,10H,5,8-9H2,1-2H3,(H,16,17). The maximum Gasteiger partial charge on any atom is 0.304 e. The lowest BCUT2D eigenvalue weighted by Crippen LogP contribution is -2.34. The van der Waals surface area contributed by atoms with Crippen LogP contribution in [0.25, 0.3) is 0 Å². The van der Waals surface area contributed by atoms with Crippen LogP contribution in [0, 0.1) is 5.92 Å². The number of hydrogen-bond donors (Lipinski definition) is 1. The van der Waals surface area contributed by atoms with Crippen molar-refractivity contribution in [2.24, 2.45) is 5.92 Å². The molecule has 1 rings (SSSR count). The molecule has 5 heteroatoms. The van der Waals surface area contributed by atoms with Crippen LogP contribution in [0.3, 0.4) is 0 Å². The van der Waals surface area contributed by atoms with E-state index in [1.165, 1.54) is 0 Å². The molecule has 1 aromatic rings. The SMILES string of the molecule is CC(CC(=O)O)C(=O)N(C)CCc1ccncc1. The quantitative estimate of drug-likeness (QED) is 0.823. The van der Waals surface area contributed by atoms with Crippen LogP contribution in [0.1, 0.15) is 18.9 Å². The van der Waals surface area contributed by atoms with Crippen molar-refractivity contribution in [1.29, 1.82) is 0 Å². The highest BCUT2D eigenvalue weighted by Gasteiger charge is 2.19. The zero-order valence-electron chi connectivity index (χ0n) is 10.7. The molecule has 0 fully saturated rings. The van der Waals surface area contributed by atoms with Crippen molar-refractivity contribution < 1.29 is 14.7 Å². The average Bonchev–Trinajstić information content (AvgIpc) is 2.35. The summed E-state index contributed by atoms with van der Waals surface area (Å²) in [4.78, 5) is 27.9. The highest BCUT2D eigenvalue weighted by molar-refractivity contribution is 5.82. The predicted octanol–water partition coefficient (Wildman–Crippen LogP) is 1.19. The Balaban J connectivity index is 2.43. The van der Waals surface area contributed by atoms with Crippen LogP contribution in [0.4, 0.5) is 0 Å². The summed E-state index contributed by atoms with van der Waals surface area (Å²) in [6, 6.07) is 3.80. The minimum absolute atomic E-state index is 0.127. The second-order valence-corrected chi connectivity index (χ2v) is 4.36. The van der Waals surface area contributed by atoms with E-state index in [0.29, 0.717) is 6.54 Å². The summed E-state index contributed by atoms with van der Waals surface area (Å²) in [5.41, 5.74) is 1.11. The van der Waals surface area contributed by atoms with Crippen LogP contribution in [0.5, 0.6) is 0 Å². The van der Waals surface area contributed by atoms with E-state index in [-0.39, 0.29) is 12.3 Å². The van der Waals surface area contributed by atoms with E-state index in [1.807, 2.05) is 12.1 Å². The number of carboxylic acid groups (broad SMARTS) is 1. The summed E-state index contributed by atoms with van der Waals surface area (Å²) in [7, 11) is 1.70. The van der Waals surface area contributed by atoms with E-state index in [2.05, 4.69) is 4.98 Å². The molecular formula is C13H18N2O3. The molecule has 0 saturated heterocycles. The van der Waals surface area contributed by atoms with Gasteiger partial charge >= 0.3 is 5.97 Å². The zero-order chi connectivity index (χ0) is 13.5. The molecule has 1 N–H and O–H groups in total. The maximum atomic E-state index is 11.8. The second-order valence-electron chi connectivity index (χ2n) is 4.36. The van der Waals surface area contributed by atoms with Gasteiger partial charge in [-0.3, -0.25) is 14.6 Å². The van der Waals surface area contributed by atoms with Crippen LogP contribution in [0.2, 0.25) is 0 Å². The Morgan fingerprint density at radius 1 is 1.39 bits per heavy atom. The number of likely N-dealkylation sites (N-methyl/N-ethyl adjacent to an activating group) is 1. The first-order valence-corrected chi connectivity index (χ1v) is 5.86. The van der Waals surface area contributed by atoms with E-state index < -0.39 is 11.9 Å². The molecule has 1 amide bonds. The van der Waals surface area contributed by atoms with Gasteiger partial charge in [-0.15, -0.1) is 0 Å². The molecule has 0 spiro atoms. The molecule has 0 saturated carbocycles. The van der Waals surface area contributed by atoms with E-state index in [1.54, 1.807) is 31.3 Å². The van der Waals surface area contributed by atoms with Gasteiger partial charge in [-0.25, -0.2) is 0 Å². The summed E-state index contributed by atoms with van der Waals surface area (Å²) < 4.78 is 0. The van der Waals surface area contributed by atoms with E-state index >= 15 is 0 Å². The number of carboxylic acids is 1. The van der Waals surface area contributed by atoms with Crippen molar-refractivity contribution >= 4 is 11.9 Å². The number of pyridine rings is 1. The Morgan fingerprint density at radius 3 is 2.56 bits per heavy atom. The Bertz CT molecular complexity index is 406. The monoisotopic (exact) mass is 250 g/mol.